The van der Waals surface area contributed by atoms with Crippen molar-refractivity contribution in [3.63, 3.8) is 0 Å². The Morgan fingerprint density at radius 2 is 1.58 bits per heavy atom. The van der Waals surface area contributed by atoms with Crippen LogP contribution in [0.3, 0.4) is 0 Å². The molecule has 3 unspecified atom stereocenters. The summed E-state index contributed by atoms with van der Waals surface area (Å²) in [6.07, 6.45) is 1.55. The summed E-state index contributed by atoms with van der Waals surface area (Å²) < 4.78 is 13.5. The van der Waals surface area contributed by atoms with Gasteiger partial charge in [0, 0.05) is 38.9 Å². The maximum absolute atomic E-state index is 14.1. The predicted molar refractivity (Wildman–Crippen MR) is 165 cm³/mol. The molecule has 0 spiro atoms. The van der Waals surface area contributed by atoms with Crippen molar-refractivity contribution in [1.29, 1.82) is 0 Å². The topological polar surface area (TPSA) is 98.8 Å². The first kappa shape index (κ1) is 31.7. The molecule has 9 heteroatoms. The molecule has 3 atom stereocenters. The summed E-state index contributed by atoms with van der Waals surface area (Å²) in [7, 11) is 0. The van der Waals surface area contributed by atoms with E-state index in [1.807, 2.05) is 63.2 Å². The van der Waals surface area contributed by atoms with E-state index in [4.69, 9.17) is 0 Å². The first-order chi connectivity index (χ1) is 20.6. The molecule has 1 fully saturated rings. The Labute approximate surface area is 252 Å². The maximum Gasteiger partial charge on any atom is 0.246 e. The van der Waals surface area contributed by atoms with Crippen LogP contribution < -0.4 is 10.6 Å². The lowest BCUT2D eigenvalue weighted by molar-refractivity contribution is -0.157. The molecule has 0 bridgehead atoms. The Morgan fingerprint density at radius 3 is 2.23 bits per heavy atom. The minimum atomic E-state index is -0.917. The smallest absolute Gasteiger partial charge is 0.246 e. The van der Waals surface area contributed by atoms with Crippen molar-refractivity contribution in [2.75, 3.05) is 13.1 Å². The number of piperazine rings is 1. The Morgan fingerprint density at radius 1 is 0.907 bits per heavy atom. The maximum atomic E-state index is 14.1. The molecule has 0 aliphatic carbocycles. The minimum absolute atomic E-state index is 0.110. The molecule has 0 aromatic heterocycles. The van der Waals surface area contributed by atoms with Gasteiger partial charge in [-0.15, -0.1) is 0 Å². The first-order valence-corrected chi connectivity index (χ1v) is 15.0. The summed E-state index contributed by atoms with van der Waals surface area (Å²) in [4.78, 5) is 56.8. The average Bonchev–Trinajstić information content (AvgIpc) is 2.97. The van der Waals surface area contributed by atoms with E-state index < -0.39 is 23.9 Å². The minimum Gasteiger partial charge on any atom is -0.352 e. The van der Waals surface area contributed by atoms with Crippen molar-refractivity contribution in [1.82, 2.24) is 20.4 Å². The summed E-state index contributed by atoms with van der Waals surface area (Å²) in [6, 6.07) is 17.3. The molecule has 2 N–H and O–H groups in total. The predicted octanol–water partition coefficient (Wildman–Crippen LogP) is 4.00. The van der Waals surface area contributed by atoms with Crippen molar-refractivity contribution < 1.29 is 23.6 Å². The molecule has 228 valence electrons. The highest BCUT2D eigenvalue weighted by Gasteiger charge is 2.43. The fourth-order valence-corrected chi connectivity index (χ4v) is 5.75. The molecule has 0 saturated carbocycles. The lowest BCUT2D eigenvalue weighted by Gasteiger charge is -2.44. The molecule has 0 radical (unpaired) electrons. The number of carbonyl (C=O) groups is 4. The normalized spacial score (nSPS) is 16.7. The number of halogens is 1. The van der Waals surface area contributed by atoms with Crippen LogP contribution in [0.1, 0.15) is 51.7 Å². The summed E-state index contributed by atoms with van der Waals surface area (Å²) in [5.41, 5.74) is 1.62. The number of benzene rings is 3. The molecular weight excluding hydrogens is 547 g/mol. The molecule has 4 rings (SSSR count). The van der Waals surface area contributed by atoms with Crippen molar-refractivity contribution in [3.05, 3.63) is 83.7 Å². The number of carbonyl (C=O) groups excluding carboxylic acids is 4. The Bertz CT molecular complexity index is 1460. The number of hydrogen-bond acceptors (Lipinski definition) is 4. The molecule has 1 saturated heterocycles. The van der Waals surface area contributed by atoms with Gasteiger partial charge < -0.3 is 20.4 Å². The molecule has 3 aromatic carbocycles. The van der Waals surface area contributed by atoms with Gasteiger partial charge in [0.25, 0.3) is 0 Å². The van der Waals surface area contributed by atoms with Crippen molar-refractivity contribution in [2.24, 2.45) is 0 Å². The van der Waals surface area contributed by atoms with Gasteiger partial charge in [0.2, 0.25) is 23.6 Å². The molecule has 43 heavy (non-hydrogen) atoms. The number of amides is 4. The number of fused-ring (bicyclic) bond motifs is 1. The van der Waals surface area contributed by atoms with E-state index in [0.29, 0.717) is 24.8 Å². The van der Waals surface area contributed by atoms with Crippen LogP contribution in [0.15, 0.2) is 66.7 Å². The van der Waals surface area contributed by atoms with E-state index in [1.165, 1.54) is 19.1 Å². The third-order valence-electron chi connectivity index (χ3n) is 7.75. The second-order valence-electron chi connectivity index (χ2n) is 11.5. The van der Waals surface area contributed by atoms with Crippen LogP contribution in [0, 0.1) is 5.82 Å². The lowest BCUT2D eigenvalue weighted by Crippen LogP contribution is -2.66. The fourth-order valence-electron chi connectivity index (χ4n) is 5.75. The summed E-state index contributed by atoms with van der Waals surface area (Å²) >= 11 is 0. The summed E-state index contributed by atoms with van der Waals surface area (Å²) in [5.74, 6) is -1.66. The van der Waals surface area contributed by atoms with Crippen LogP contribution in [0.4, 0.5) is 4.39 Å². The highest BCUT2D eigenvalue weighted by atomic mass is 19.1. The quantitative estimate of drug-likeness (QED) is 0.354. The van der Waals surface area contributed by atoms with Crippen LogP contribution in [-0.2, 0) is 32.0 Å². The van der Waals surface area contributed by atoms with Gasteiger partial charge in [0.1, 0.15) is 23.9 Å². The molecule has 3 aromatic rings. The molecule has 1 aliphatic rings. The van der Waals surface area contributed by atoms with Gasteiger partial charge in [-0.1, -0.05) is 67.9 Å². The average molecular weight is 589 g/mol. The standard InChI is InChI=1S/C34H41FN4O4/c1-5-8-30-34(43)39(18-17-38(30)33(42)29(37-23(4)40)20-24-12-15-28(35)16-13-24)31(32(41)36-22(2)3)21-25-11-14-26-9-6-7-10-27(26)19-25/h6-7,9-16,19,22,29-31H,5,8,17-18,20-21H2,1-4H3,(H,36,41)(H,37,40). The molecule has 1 heterocycles. The van der Waals surface area contributed by atoms with Gasteiger partial charge in [0.15, 0.2) is 0 Å². The zero-order chi connectivity index (χ0) is 31.1. The zero-order valence-corrected chi connectivity index (χ0v) is 25.3. The van der Waals surface area contributed by atoms with E-state index in [2.05, 4.69) is 10.6 Å². The van der Waals surface area contributed by atoms with Crippen LogP contribution in [0.25, 0.3) is 10.8 Å². The van der Waals surface area contributed by atoms with Gasteiger partial charge in [-0.05, 0) is 54.3 Å². The SMILES string of the molecule is CCCC1C(=O)N(C(Cc2ccc3ccccc3c2)C(=O)NC(C)C)CCN1C(=O)C(Cc1ccc(F)cc1)NC(C)=O. The van der Waals surface area contributed by atoms with Gasteiger partial charge in [-0.3, -0.25) is 19.2 Å². The van der Waals surface area contributed by atoms with Gasteiger partial charge in [-0.2, -0.15) is 0 Å². The largest absolute Gasteiger partial charge is 0.352 e. The van der Waals surface area contributed by atoms with Crippen LogP contribution in [0.2, 0.25) is 0 Å². The number of rotatable bonds is 11. The highest BCUT2D eigenvalue weighted by Crippen LogP contribution is 2.24. The van der Waals surface area contributed by atoms with Crippen molar-refractivity contribution >= 4 is 34.4 Å². The second-order valence-corrected chi connectivity index (χ2v) is 11.5. The third-order valence-corrected chi connectivity index (χ3v) is 7.75. The van der Waals surface area contributed by atoms with Crippen LogP contribution >= 0.6 is 0 Å². The van der Waals surface area contributed by atoms with Crippen LogP contribution in [-0.4, -0.2) is 70.7 Å². The molecular formula is C34H41FN4O4. The Hall–Kier alpha value is -4.27. The number of nitrogens with one attached hydrogen (secondary N) is 2. The van der Waals surface area contributed by atoms with E-state index in [1.54, 1.807) is 21.9 Å². The van der Waals surface area contributed by atoms with Gasteiger partial charge in [-0.25, -0.2) is 4.39 Å². The Kier molecular flexibility index (Phi) is 10.5. The monoisotopic (exact) mass is 588 g/mol. The molecule has 1 aliphatic heterocycles. The second kappa shape index (κ2) is 14.3. The first-order valence-electron chi connectivity index (χ1n) is 15.0. The zero-order valence-electron chi connectivity index (χ0n) is 25.3. The molecule has 8 nitrogen and oxygen atoms in total. The fraction of sp³-hybridized carbons (Fsp3) is 0.412. The van der Waals surface area contributed by atoms with E-state index in [-0.39, 0.29) is 49.2 Å². The van der Waals surface area contributed by atoms with Crippen molar-refractivity contribution in [2.45, 2.75) is 77.5 Å². The summed E-state index contributed by atoms with van der Waals surface area (Å²) in [5, 5.41) is 7.86. The van der Waals surface area contributed by atoms with E-state index in [9.17, 15) is 23.6 Å². The molecule has 4 amide bonds. The van der Waals surface area contributed by atoms with E-state index >= 15 is 0 Å². The Balaban J connectivity index is 1.60. The van der Waals surface area contributed by atoms with Gasteiger partial charge >= 0.3 is 0 Å². The third kappa shape index (κ3) is 7.97. The highest BCUT2D eigenvalue weighted by molar-refractivity contribution is 5.95. The van der Waals surface area contributed by atoms with Gasteiger partial charge in [0.05, 0.1) is 0 Å². The summed E-state index contributed by atoms with van der Waals surface area (Å²) in [6.45, 7) is 7.44. The van der Waals surface area contributed by atoms with Crippen molar-refractivity contribution in [3.8, 4) is 0 Å². The van der Waals surface area contributed by atoms with Crippen LogP contribution in [0.5, 0.6) is 0 Å². The number of hydrogen-bond donors (Lipinski definition) is 2. The van der Waals surface area contributed by atoms with E-state index in [0.717, 1.165) is 16.3 Å². The number of nitrogens with zero attached hydrogens (tertiary/aromatic N) is 2. The lowest BCUT2D eigenvalue weighted by atomic mass is 9.96.